The fourth-order valence-electron chi connectivity index (χ4n) is 16.9. The molecule has 0 saturated heterocycles. The lowest BCUT2D eigenvalue weighted by atomic mass is 9.61. The van der Waals surface area contributed by atoms with Crippen LogP contribution in [0.5, 0.6) is 23.0 Å². The maximum Gasteiger partial charge on any atom is 0.148 e. The normalized spacial score (nSPS) is 14.3. The maximum atomic E-state index is 7.11. The summed E-state index contributed by atoms with van der Waals surface area (Å²) in [6.45, 7) is 4.69. The molecule has 446 valence electrons. The van der Waals surface area contributed by atoms with Crippen LogP contribution < -0.4 is 18.9 Å². The topological polar surface area (TPSA) is 36.9 Å². The van der Waals surface area contributed by atoms with Gasteiger partial charge >= 0.3 is 0 Å². The van der Waals surface area contributed by atoms with Crippen LogP contribution in [0.15, 0.2) is 267 Å². The zero-order valence-electron chi connectivity index (χ0n) is 52.2. The van der Waals surface area contributed by atoms with Crippen LogP contribution in [0, 0.1) is 56.3 Å². The van der Waals surface area contributed by atoms with Crippen LogP contribution in [0.3, 0.4) is 0 Å². The summed E-state index contributed by atoms with van der Waals surface area (Å²) in [5.74, 6) is 13.8. The van der Waals surface area contributed by atoms with Gasteiger partial charge < -0.3 is 18.9 Å². The second-order valence-corrected chi connectivity index (χ2v) is 24.8. The van der Waals surface area contributed by atoms with Gasteiger partial charge in [-0.25, -0.2) is 0 Å². The minimum atomic E-state index is -1.20. The van der Waals surface area contributed by atoms with E-state index in [-0.39, 0.29) is 26.4 Å². The van der Waals surface area contributed by atoms with E-state index in [0.29, 0.717) is 11.5 Å². The van der Waals surface area contributed by atoms with E-state index in [1.54, 1.807) is 0 Å². The molecule has 12 aromatic rings. The molecule has 0 N–H and O–H groups in total. The Morgan fingerprint density at radius 2 is 0.489 bits per heavy atom. The quantitative estimate of drug-likeness (QED) is 0.0959. The Morgan fingerprint density at radius 3 is 0.798 bits per heavy atom. The first-order valence-electron chi connectivity index (χ1n) is 31.9. The molecular formula is C90H62O4. The van der Waals surface area contributed by atoms with E-state index in [0.717, 1.165) is 123 Å². The fourth-order valence-corrected chi connectivity index (χ4v) is 16.9. The van der Waals surface area contributed by atoms with Crippen molar-refractivity contribution in [2.45, 2.75) is 35.5 Å². The second kappa shape index (κ2) is 22.5. The summed E-state index contributed by atoms with van der Waals surface area (Å²) >= 11 is 0. The van der Waals surface area contributed by atoms with Crippen molar-refractivity contribution in [2.75, 3.05) is 26.4 Å². The first kappa shape index (κ1) is 57.3. The summed E-state index contributed by atoms with van der Waals surface area (Å²) in [5, 5.41) is 0. The lowest BCUT2D eigenvalue weighted by Crippen LogP contribution is -2.34. The molecule has 16 rings (SSSR count). The van der Waals surface area contributed by atoms with E-state index in [1.807, 2.05) is 0 Å². The van der Waals surface area contributed by atoms with Gasteiger partial charge in [-0.2, -0.15) is 0 Å². The van der Waals surface area contributed by atoms with Gasteiger partial charge in [0.05, 0.1) is 16.2 Å². The summed E-state index contributed by atoms with van der Waals surface area (Å²) in [4.78, 5) is 0. The lowest BCUT2D eigenvalue weighted by Gasteiger charge is -2.40. The predicted molar refractivity (Wildman–Crippen MR) is 378 cm³/mol. The molecule has 0 aromatic heterocycles. The van der Waals surface area contributed by atoms with Crippen molar-refractivity contribution in [3.05, 3.63) is 356 Å². The average Bonchev–Trinajstić information content (AvgIpc) is 1.48. The smallest absolute Gasteiger partial charge is 0.148 e. The zero-order valence-corrected chi connectivity index (χ0v) is 52.2. The van der Waals surface area contributed by atoms with Crippen LogP contribution in [-0.4, -0.2) is 26.4 Å². The van der Waals surface area contributed by atoms with E-state index in [4.69, 9.17) is 44.6 Å². The average molecular weight is 1210 g/mol. The maximum absolute atomic E-state index is 7.11. The highest BCUT2D eigenvalue weighted by Crippen LogP contribution is 2.65. The first-order valence-corrected chi connectivity index (χ1v) is 31.9. The van der Waals surface area contributed by atoms with Crippen molar-refractivity contribution in [3.8, 4) is 117 Å². The molecule has 0 unspecified atom stereocenters. The number of hydrogen-bond acceptors (Lipinski definition) is 4. The van der Waals surface area contributed by atoms with Crippen molar-refractivity contribution in [1.29, 1.82) is 0 Å². The Morgan fingerprint density at radius 1 is 0.255 bits per heavy atom. The minimum absolute atomic E-state index is 0.00408. The molecule has 4 heteroatoms. The third-order valence-electron chi connectivity index (χ3n) is 20.5. The van der Waals surface area contributed by atoms with Gasteiger partial charge in [0.15, 0.2) is 0 Å². The van der Waals surface area contributed by atoms with Crippen LogP contribution in [0.1, 0.15) is 95.9 Å². The molecule has 12 aromatic carbocycles. The van der Waals surface area contributed by atoms with Crippen LogP contribution in [0.2, 0.25) is 0 Å². The molecule has 4 nitrogen and oxygen atoms in total. The monoisotopic (exact) mass is 1210 g/mol. The molecule has 0 bridgehead atoms. The molecule has 4 aliphatic carbocycles. The van der Waals surface area contributed by atoms with Gasteiger partial charge in [0.25, 0.3) is 0 Å². The van der Waals surface area contributed by atoms with Gasteiger partial charge in [0.1, 0.15) is 49.4 Å². The highest BCUT2D eigenvalue weighted by atomic mass is 16.5. The van der Waals surface area contributed by atoms with Crippen LogP contribution in [0.25, 0.3) is 44.5 Å². The molecule has 0 saturated carbocycles. The largest absolute Gasteiger partial charge is 0.481 e. The van der Waals surface area contributed by atoms with Gasteiger partial charge in [-0.1, -0.05) is 248 Å². The van der Waals surface area contributed by atoms with Crippen LogP contribution in [-0.2, 0) is 21.7 Å². The van der Waals surface area contributed by atoms with E-state index in [9.17, 15) is 0 Å². The summed E-state index contributed by atoms with van der Waals surface area (Å²) < 4.78 is 27.1. The van der Waals surface area contributed by atoms with Crippen molar-refractivity contribution in [1.82, 2.24) is 0 Å². The van der Waals surface area contributed by atoms with Crippen molar-refractivity contribution in [3.63, 3.8) is 0 Å². The molecule has 0 aliphatic heterocycles. The molecule has 0 radical (unpaired) electrons. The number of fused-ring (bicyclic) bond motifs is 12. The van der Waals surface area contributed by atoms with Crippen LogP contribution in [0.4, 0.5) is 0 Å². The zero-order chi connectivity index (χ0) is 63.8. The SMILES string of the molecule is C#CCOc1ccc(C2(c3ccc(OCC#C)c(C4(c5cc(C6(c7ccc(OCC#C)c(C8(C)c9ccccc9-c9ccccc98)c7)c7ccccc7-c7ccccc76)ccc5OCC#C)c5ccccc5-c5ccccc54)c3)c3ccccc3-c3ccccc32)cc1C. The third kappa shape index (κ3) is 8.01. The molecule has 4 aliphatic rings. The predicted octanol–water partition coefficient (Wildman–Crippen LogP) is 18.5. The van der Waals surface area contributed by atoms with E-state index in [2.05, 4.69) is 304 Å². The minimum Gasteiger partial charge on any atom is -0.481 e. The van der Waals surface area contributed by atoms with Crippen molar-refractivity contribution >= 4 is 0 Å². The lowest BCUT2D eigenvalue weighted by molar-refractivity contribution is 0.354. The van der Waals surface area contributed by atoms with Gasteiger partial charge in [0, 0.05) is 22.1 Å². The van der Waals surface area contributed by atoms with E-state index < -0.39 is 21.7 Å². The Hall–Kier alpha value is -11.9. The summed E-state index contributed by atoms with van der Waals surface area (Å²) in [6, 6.07) is 97.4. The highest BCUT2D eigenvalue weighted by Gasteiger charge is 2.54. The standard InChI is InChI=1S/C90H62O4/c1-7-51-91-83-47-43-60(55-59(83)5)88(74-37-21-13-29-66(74)67-30-14-22-38-75(67)88)62-45-49-85(93-53-9-3)81(57-62)90(78-41-25-17-33-70(78)71-34-18-26-42-79(71)90)82-58-63(46-50-86(82)94-54-10-4)89(76-39-23-15-31-68(76)69-32-16-24-40-77(69)89)61-44-48-84(92-52-8-2)80(56-61)87(6)72-35-19-11-27-64(72)65-28-12-20-36-73(65)87/h1-4,11-50,55-58H,51-54H2,5-6H3. The number of aryl methyl sites for hydroxylation is 1. The summed E-state index contributed by atoms with van der Waals surface area (Å²) in [7, 11) is 0. The molecule has 0 atom stereocenters. The third-order valence-corrected chi connectivity index (χ3v) is 20.5. The molecule has 94 heavy (non-hydrogen) atoms. The number of benzene rings is 12. The Kier molecular flexibility index (Phi) is 13.7. The second-order valence-electron chi connectivity index (χ2n) is 24.8. The van der Waals surface area contributed by atoms with Gasteiger partial charge in [-0.05, 0) is 173 Å². The fraction of sp³-hybridized carbons (Fsp3) is 0.111. The van der Waals surface area contributed by atoms with Gasteiger partial charge in [0.2, 0.25) is 0 Å². The van der Waals surface area contributed by atoms with Gasteiger partial charge in [-0.3, -0.25) is 0 Å². The van der Waals surface area contributed by atoms with Crippen molar-refractivity contribution in [2.24, 2.45) is 0 Å². The molecule has 0 amide bonds. The van der Waals surface area contributed by atoms with Crippen molar-refractivity contribution < 1.29 is 18.9 Å². The molecule has 0 fully saturated rings. The number of hydrogen-bond donors (Lipinski definition) is 0. The Balaban J connectivity index is 1.04. The molecule has 0 spiro atoms. The van der Waals surface area contributed by atoms with Gasteiger partial charge in [-0.15, -0.1) is 25.7 Å². The summed E-state index contributed by atoms with van der Waals surface area (Å²) in [6.07, 6.45) is 24.4. The number of ether oxygens (including phenoxy) is 4. The number of rotatable bonds is 15. The van der Waals surface area contributed by atoms with E-state index in [1.165, 1.54) is 22.3 Å². The summed E-state index contributed by atoms with van der Waals surface area (Å²) in [5.41, 5.74) is 22.3. The van der Waals surface area contributed by atoms with Crippen LogP contribution >= 0.6 is 0 Å². The number of terminal acetylenes is 4. The highest BCUT2D eigenvalue weighted by molar-refractivity contribution is 5.92. The Labute approximate surface area is 550 Å². The Bertz CT molecular complexity index is 5100. The molecule has 0 heterocycles. The van der Waals surface area contributed by atoms with E-state index >= 15 is 0 Å². The first-order chi connectivity index (χ1) is 46.3. The molecular weight excluding hydrogens is 1140 g/mol.